The molecular formula is C20H29NO7. The van der Waals surface area contributed by atoms with Gasteiger partial charge < -0.3 is 24.4 Å². The number of aliphatic hydroxyl groups excluding tert-OH is 1. The maximum absolute atomic E-state index is 12.5. The van der Waals surface area contributed by atoms with E-state index >= 15 is 0 Å². The lowest BCUT2D eigenvalue weighted by Gasteiger charge is -2.28. The molecule has 2 rings (SSSR count). The van der Waals surface area contributed by atoms with Crippen LogP contribution >= 0.6 is 0 Å². The summed E-state index contributed by atoms with van der Waals surface area (Å²) in [6.07, 6.45) is -0.667. The van der Waals surface area contributed by atoms with Gasteiger partial charge in [-0.15, -0.1) is 0 Å². The molecule has 2 N–H and O–H groups in total. The predicted molar refractivity (Wildman–Crippen MR) is 101 cm³/mol. The number of ether oxygens (including phenoxy) is 3. The van der Waals surface area contributed by atoms with Crippen LogP contribution in [0.3, 0.4) is 0 Å². The Morgan fingerprint density at radius 2 is 1.93 bits per heavy atom. The molecule has 0 aromatic heterocycles. The number of benzene rings is 1. The van der Waals surface area contributed by atoms with Crippen molar-refractivity contribution in [3.8, 4) is 5.75 Å². The van der Waals surface area contributed by atoms with Crippen molar-refractivity contribution in [2.75, 3.05) is 21.0 Å². The highest BCUT2D eigenvalue weighted by atomic mass is 16.6. The SMILES string of the molecule is COCN(C(=O)O)[C@H]1CCC[C@H](Cc2ccc(OC)cc2)[C@@H](O)[C@H](C)OC1=O. The van der Waals surface area contributed by atoms with Crippen LogP contribution in [-0.4, -0.2) is 66.4 Å². The Morgan fingerprint density at radius 3 is 2.50 bits per heavy atom. The monoisotopic (exact) mass is 395 g/mol. The van der Waals surface area contributed by atoms with E-state index in [1.165, 1.54) is 7.11 Å². The van der Waals surface area contributed by atoms with Gasteiger partial charge in [0.15, 0.2) is 0 Å². The Bertz CT molecular complexity index is 648. The molecule has 0 spiro atoms. The molecule has 1 amide bonds. The van der Waals surface area contributed by atoms with Crippen LogP contribution < -0.4 is 4.74 Å². The fraction of sp³-hybridized carbons (Fsp3) is 0.600. The maximum Gasteiger partial charge on any atom is 0.409 e. The van der Waals surface area contributed by atoms with Crippen molar-refractivity contribution in [2.45, 2.75) is 50.9 Å². The van der Waals surface area contributed by atoms with Crippen molar-refractivity contribution in [3.63, 3.8) is 0 Å². The third kappa shape index (κ3) is 5.59. The number of carbonyl (C=O) groups is 2. The molecule has 0 saturated carbocycles. The average Bonchev–Trinajstić information content (AvgIpc) is 2.72. The molecule has 0 radical (unpaired) electrons. The van der Waals surface area contributed by atoms with Crippen LogP contribution in [0.1, 0.15) is 31.7 Å². The van der Waals surface area contributed by atoms with Gasteiger partial charge in [-0.3, -0.25) is 4.90 Å². The normalized spacial score (nSPS) is 25.8. The maximum atomic E-state index is 12.5. The first kappa shape index (κ1) is 22.0. The molecule has 0 unspecified atom stereocenters. The zero-order chi connectivity index (χ0) is 20.7. The molecule has 1 aliphatic heterocycles. The van der Waals surface area contributed by atoms with Crippen molar-refractivity contribution in [1.29, 1.82) is 0 Å². The van der Waals surface area contributed by atoms with Crippen LogP contribution in [0.5, 0.6) is 5.75 Å². The summed E-state index contributed by atoms with van der Waals surface area (Å²) in [5.41, 5.74) is 1.05. The van der Waals surface area contributed by atoms with Crippen molar-refractivity contribution < 1.29 is 34.0 Å². The van der Waals surface area contributed by atoms with E-state index in [9.17, 15) is 19.8 Å². The van der Waals surface area contributed by atoms with Crippen molar-refractivity contribution in [3.05, 3.63) is 29.8 Å². The highest BCUT2D eigenvalue weighted by Gasteiger charge is 2.36. The smallest absolute Gasteiger partial charge is 0.409 e. The second kappa shape index (κ2) is 10.3. The summed E-state index contributed by atoms with van der Waals surface area (Å²) in [6.45, 7) is 1.41. The largest absolute Gasteiger partial charge is 0.497 e. The van der Waals surface area contributed by atoms with E-state index in [-0.39, 0.29) is 12.6 Å². The van der Waals surface area contributed by atoms with Gasteiger partial charge in [-0.2, -0.15) is 0 Å². The molecule has 1 saturated heterocycles. The zero-order valence-electron chi connectivity index (χ0n) is 16.5. The summed E-state index contributed by atoms with van der Waals surface area (Å²) >= 11 is 0. The minimum absolute atomic E-state index is 0.115. The molecule has 8 heteroatoms. The highest BCUT2D eigenvalue weighted by molar-refractivity contribution is 5.81. The van der Waals surface area contributed by atoms with E-state index in [4.69, 9.17) is 14.2 Å². The van der Waals surface area contributed by atoms with Gasteiger partial charge in [0, 0.05) is 7.11 Å². The quantitative estimate of drug-likeness (QED) is 0.562. The summed E-state index contributed by atoms with van der Waals surface area (Å²) in [5, 5.41) is 20.1. The lowest BCUT2D eigenvalue weighted by Crippen LogP contribution is -2.47. The molecule has 0 aliphatic carbocycles. The summed E-state index contributed by atoms with van der Waals surface area (Å²) in [7, 11) is 2.97. The number of esters is 1. The molecule has 4 atom stereocenters. The number of amides is 1. The van der Waals surface area contributed by atoms with Crippen LogP contribution in [0.4, 0.5) is 4.79 Å². The van der Waals surface area contributed by atoms with Crippen LogP contribution in [0.15, 0.2) is 24.3 Å². The van der Waals surface area contributed by atoms with Gasteiger partial charge in [0.2, 0.25) is 0 Å². The third-order valence-corrected chi connectivity index (χ3v) is 5.14. The molecular weight excluding hydrogens is 366 g/mol. The Labute approximate surface area is 165 Å². The fourth-order valence-electron chi connectivity index (χ4n) is 3.56. The number of carboxylic acid groups (broad SMARTS) is 1. The Balaban J connectivity index is 2.14. The highest BCUT2D eigenvalue weighted by Crippen LogP contribution is 2.27. The molecule has 1 aromatic rings. The standard InChI is InChI=1S/C20H29NO7/c1-13-18(22)15(11-14-7-9-16(27-3)10-8-14)5-4-6-17(19(23)28-13)21(12-26-2)20(24)25/h7-10,13,15,17-18,22H,4-6,11-12H2,1-3H3,(H,24,25)/t13-,15+,17-,18-/m0/s1. The number of hydrogen-bond acceptors (Lipinski definition) is 6. The summed E-state index contributed by atoms with van der Waals surface area (Å²) in [6, 6.07) is 6.68. The van der Waals surface area contributed by atoms with Gasteiger partial charge in [0.1, 0.15) is 24.6 Å². The Hall–Kier alpha value is -2.32. The van der Waals surface area contributed by atoms with Crippen molar-refractivity contribution in [2.24, 2.45) is 5.92 Å². The summed E-state index contributed by atoms with van der Waals surface area (Å²) < 4.78 is 15.5. The van der Waals surface area contributed by atoms with Crippen molar-refractivity contribution in [1.82, 2.24) is 4.90 Å². The minimum Gasteiger partial charge on any atom is -0.497 e. The van der Waals surface area contributed by atoms with E-state index in [2.05, 4.69) is 0 Å². The molecule has 0 bridgehead atoms. The second-order valence-corrected chi connectivity index (χ2v) is 7.06. The number of cyclic esters (lactones) is 1. The van der Waals surface area contributed by atoms with Gasteiger partial charge in [-0.25, -0.2) is 9.59 Å². The van der Waals surface area contributed by atoms with Gasteiger partial charge >= 0.3 is 12.1 Å². The number of nitrogens with zero attached hydrogens (tertiary/aromatic N) is 1. The van der Waals surface area contributed by atoms with Crippen LogP contribution in [-0.2, 0) is 20.7 Å². The number of methoxy groups -OCH3 is 2. The van der Waals surface area contributed by atoms with E-state index in [1.54, 1.807) is 14.0 Å². The lowest BCUT2D eigenvalue weighted by molar-refractivity contribution is -0.162. The number of rotatable bonds is 6. The zero-order valence-corrected chi connectivity index (χ0v) is 16.5. The molecule has 156 valence electrons. The van der Waals surface area contributed by atoms with E-state index in [0.717, 1.165) is 16.2 Å². The topological polar surface area (TPSA) is 106 Å². The first-order valence-electron chi connectivity index (χ1n) is 9.37. The first-order chi connectivity index (χ1) is 13.4. The molecule has 1 heterocycles. The van der Waals surface area contributed by atoms with Gasteiger partial charge in [-0.1, -0.05) is 18.6 Å². The number of carbonyl (C=O) groups excluding carboxylic acids is 1. The van der Waals surface area contributed by atoms with E-state index in [0.29, 0.717) is 25.7 Å². The van der Waals surface area contributed by atoms with Crippen molar-refractivity contribution >= 4 is 12.1 Å². The third-order valence-electron chi connectivity index (χ3n) is 5.14. The van der Waals surface area contributed by atoms with E-state index < -0.39 is 30.3 Å². The van der Waals surface area contributed by atoms with Crippen LogP contribution in [0.25, 0.3) is 0 Å². The molecule has 1 aromatic carbocycles. The predicted octanol–water partition coefficient (Wildman–Crippen LogP) is 2.28. The van der Waals surface area contributed by atoms with E-state index in [1.807, 2.05) is 24.3 Å². The van der Waals surface area contributed by atoms with Gasteiger partial charge in [-0.05, 0) is 49.8 Å². The second-order valence-electron chi connectivity index (χ2n) is 7.06. The number of hydrogen-bond donors (Lipinski definition) is 2. The lowest BCUT2D eigenvalue weighted by atomic mass is 9.87. The Morgan fingerprint density at radius 1 is 1.25 bits per heavy atom. The molecule has 1 aliphatic rings. The Kier molecular flexibility index (Phi) is 8.07. The number of aliphatic hydroxyl groups is 1. The average molecular weight is 395 g/mol. The van der Waals surface area contributed by atoms with Crippen LogP contribution in [0, 0.1) is 5.92 Å². The molecule has 28 heavy (non-hydrogen) atoms. The summed E-state index contributed by atoms with van der Waals surface area (Å²) in [5.74, 6) is -0.0115. The minimum atomic E-state index is -1.24. The van der Waals surface area contributed by atoms with Gasteiger partial charge in [0.25, 0.3) is 0 Å². The first-order valence-corrected chi connectivity index (χ1v) is 9.37. The molecule has 8 nitrogen and oxygen atoms in total. The van der Waals surface area contributed by atoms with Crippen LogP contribution in [0.2, 0.25) is 0 Å². The van der Waals surface area contributed by atoms with Gasteiger partial charge in [0.05, 0.1) is 13.2 Å². The molecule has 1 fully saturated rings. The fourth-order valence-corrected chi connectivity index (χ4v) is 3.56. The summed E-state index contributed by atoms with van der Waals surface area (Å²) in [4.78, 5) is 25.0.